The third-order valence-electron chi connectivity index (χ3n) is 4.86. The molecule has 1 aromatic carbocycles. The molecular weight excluding hydrogens is 264 g/mol. The molecule has 2 aliphatic heterocycles. The summed E-state index contributed by atoms with van der Waals surface area (Å²) in [4.78, 5) is 12.9. The van der Waals surface area contributed by atoms with E-state index >= 15 is 0 Å². The van der Waals surface area contributed by atoms with E-state index in [1.165, 1.54) is 5.56 Å². The molecule has 0 spiro atoms. The van der Waals surface area contributed by atoms with Crippen molar-refractivity contribution in [1.29, 1.82) is 0 Å². The topological polar surface area (TPSA) is 50.4 Å². The molecule has 0 atom stereocenters. The van der Waals surface area contributed by atoms with E-state index in [9.17, 15) is 4.79 Å². The maximum absolute atomic E-state index is 12.9. The van der Waals surface area contributed by atoms with E-state index < -0.39 is 5.41 Å². The fourth-order valence-corrected chi connectivity index (χ4v) is 3.35. The number of carbonyl (C=O) groups is 1. The molecule has 0 radical (unpaired) electrons. The van der Waals surface area contributed by atoms with Crippen LogP contribution in [0.15, 0.2) is 24.3 Å². The molecule has 2 fully saturated rings. The fraction of sp³-hybridized carbons (Fsp3) is 0.588. The highest BCUT2D eigenvalue weighted by molar-refractivity contribution is 5.88. The Balaban J connectivity index is 1.82. The molecule has 3 rings (SSSR count). The third kappa shape index (κ3) is 2.83. The lowest BCUT2D eigenvalue weighted by Gasteiger charge is -2.38. The van der Waals surface area contributed by atoms with Crippen LogP contribution in [-0.4, -0.2) is 38.8 Å². The van der Waals surface area contributed by atoms with Gasteiger partial charge >= 0.3 is 0 Å². The molecule has 2 N–H and O–H groups in total. The number of benzene rings is 1. The zero-order valence-corrected chi connectivity index (χ0v) is 12.7. The Morgan fingerprint density at radius 3 is 2.67 bits per heavy atom. The summed E-state index contributed by atoms with van der Waals surface area (Å²) in [5.74, 6) is 0.759. The van der Waals surface area contributed by atoms with Gasteiger partial charge in [-0.3, -0.25) is 4.79 Å². The number of hydrogen-bond donors (Lipinski definition) is 2. The molecule has 0 aliphatic carbocycles. The lowest BCUT2D eigenvalue weighted by atomic mass is 9.71. The zero-order chi connectivity index (χ0) is 14.7. The van der Waals surface area contributed by atoms with Gasteiger partial charge in [0.25, 0.3) is 0 Å². The quantitative estimate of drug-likeness (QED) is 0.880. The van der Waals surface area contributed by atoms with Crippen molar-refractivity contribution in [2.45, 2.75) is 25.2 Å². The largest absolute Gasteiger partial charge is 0.381 e. The molecule has 0 aromatic heterocycles. The van der Waals surface area contributed by atoms with E-state index in [0.29, 0.717) is 19.1 Å². The summed E-state index contributed by atoms with van der Waals surface area (Å²) in [6, 6.07) is 8.26. The standard InChI is InChI=1S/C17H24N2O2/c1-13-4-2-3-5-15(13)17(6-8-21-9-7-17)16(20)19-12-14-10-18-11-14/h2-5,14,18H,6-12H2,1H3,(H,19,20). The molecule has 2 aliphatic rings. The summed E-state index contributed by atoms with van der Waals surface area (Å²) in [5, 5.41) is 6.43. The Morgan fingerprint density at radius 1 is 1.33 bits per heavy atom. The number of amides is 1. The van der Waals surface area contributed by atoms with Crippen LogP contribution in [-0.2, 0) is 14.9 Å². The average molecular weight is 288 g/mol. The number of hydrogen-bond acceptors (Lipinski definition) is 3. The zero-order valence-electron chi connectivity index (χ0n) is 12.7. The van der Waals surface area contributed by atoms with Gasteiger partial charge in [-0.25, -0.2) is 0 Å². The summed E-state index contributed by atoms with van der Waals surface area (Å²) in [6.45, 7) is 6.22. The van der Waals surface area contributed by atoms with Crippen LogP contribution in [0.4, 0.5) is 0 Å². The first-order chi connectivity index (χ1) is 10.2. The molecule has 21 heavy (non-hydrogen) atoms. The average Bonchev–Trinajstić information content (AvgIpc) is 2.46. The van der Waals surface area contributed by atoms with Gasteiger partial charge in [-0.05, 0) is 30.9 Å². The highest BCUT2D eigenvalue weighted by Crippen LogP contribution is 2.37. The van der Waals surface area contributed by atoms with Gasteiger partial charge in [-0.2, -0.15) is 0 Å². The Hall–Kier alpha value is -1.39. The first kappa shape index (κ1) is 14.5. The monoisotopic (exact) mass is 288 g/mol. The molecule has 2 saturated heterocycles. The van der Waals surface area contributed by atoms with Gasteiger partial charge in [0.1, 0.15) is 0 Å². The molecule has 0 bridgehead atoms. The van der Waals surface area contributed by atoms with Crippen molar-refractivity contribution in [1.82, 2.24) is 10.6 Å². The van der Waals surface area contributed by atoms with Crippen molar-refractivity contribution in [2.24, 2.45) is 5.92 Å². The minimum absolute atomic E-state index is 0.173. The molecule has 1 aromatic rings. The van der Waals surface area contributed by atoms with Gasteiger partial charge in [-0.15, -0.1) is 0 Å². The van der Waals surface area contributed by atoms with Gasteiger partial charge in [0, 0.05) is 38.8 Å². The SMILES string of the molecule is Cc1ccccc1C1(C(=O)NCC2CNC2)CCOCC1. The molecule has 0 saturated carbocycles. The summed E-state index contributed by atoms with van der Waals surface area (Å²) >= 11 is 0. The van der Waals surface area contributed by atoms with E-state index in [0.717, 1.165) is 38.0 Å². The van der Waals surface area contributed by atoms with Gasteiger partial charge in [-0.1, -0.05) is 24.3 Å². The van der Waals surface area contributed by atoms with Crippen molar-refractivity contribution in [3.05, 3.63) is 35.4 Å². The first-order valence-corrected chi connectivity index (χ1v) is 7.85. The van der Waals surface area contributed by atoms with Crippen molar-refractivity contribution >= 4 is 5.91 Å². The van der Waals surface area contributed by atoms with Crippen LogP contribution in [0.1, 0.15) is 24.0 Å². The summed E-state index contributed by atoms with van der Waals surface area (Å²) in [7, 11) is 0. The molecule has 114 valence electrons. The van der Waals surface area contributed by atoms with Crippen LogP contribution in [0, 0.1) is 12.8 Å². The van der Waals surface area contributed by atoms with Gasteiger partial charge in [0.2, 0.25) is 5.91 Å². The number of ether oxygens (including phenoxy) is 1. The van der Waals surface area contributed by atoms with E-state index in [4.69, 9.17) is 4.74 Å². The van der Waals surface area contributed by atoms with E-state index in [1.54, 1.807) is 0 Å². The van der Waals surface area contributed by atoms with Crippen molar-refractivity contribution < 1.29 is 9.53 Å². The van der Waals surface area contributed by atoms with Crippen LogP contribution in [0.5, 0.6) is 0 Å². The smallest absolute Gasteiger partial charge is 0.230 e. The van der Waals surface area contributed by atoms with Crippen molar-refractivity contribution in [2.75, 3.05) is 32.8 Å². The Labute approximate surface area is 126 Å². The van der Waals surface area contributed by atoms with Crippen molar-refractivity contribution in [3.63, 3.8) is 0 Å². The molecule has 2 heterocycles. The third-order valence-corrected chi connectivity index (χ3v) is 4.86. The highest BCUT2D eigenvalue weighted by atomic mass is 16.5. The Kier molecular flexibility index (Phi) is 4.27. The fourth-order valence-electron chi connectivity index (χ4n) is 3.35. The van der Waals surface area contributed by atoms with Crippen LogP contribution in [0.3, 0.4) is 0 Å². The molecular formula is C17H24N2O2. The Morgan fingerprint density at radius 2 is 2.05 bits per heavy atom. The van der Waals surface area contributed by atoms with E-state index in [1.807, 2.05) is 12.1 Å². The summed E-state index contributed by atoms with van der Waals surface area (Å²) in [6.07, 6.45) is 1.54. The molecule has 0 unspecified atom stereocenters. The normalized spacial score (nSPS) is 21.6. The number of aryl methyl sites for hydroxylation is 1. The van der Waals surface area contributed by atoms with Crippen LogP contribution >= 0.6 is 0 Å². The van der Waals surface area contributed by atoms with Crippen LogP contribution in [0.25, 0.3) is 0 Å². The second-order valence-electron chi connectivity index (χ2n) is 6.24. The van der Waals surface area contributed by atoms with Gasteiger partial charge in [0.15, 0.2) is 0 Å². The summed E-state index contributed by atoms with van der Waals surface area (Å²) in [5.41, 5.74) is 1.94. The predicted molar refractivity (Wildman–Crippen MR) is 82.3 cm³/mol. The minimum atomic E-state index is -0.416. The summed E-state index contributed by atoms with van der Waals surface area (Å²) < 4.78 is 5.50. The van der Waals surface area contributed by atoms with E-state index in [-0.39, 0.29) is 5.91 Å². The second-order valence-corrected chi connectivity index (χ2v) is 6.24. The lowest BCUT2D eigenvalue weighted by Crippen LogP contribution is -2.53. The van der Waals surface area contributed by atoms with Gasteiger partial charge < -0.3 is 15.4 Å². The van der Waals surface area contributed by atoms with Crippen LogP contribution in [0.2, 0.25) is 0 Å². The Bertz CT molecular complexity index is 505. The predicted octanol–water partition coefficient (Wildman–Crippen LogP) is 1.38. The highest BCUT2D eigenvalue weighted by Gasteiger charge is 2.42. The van der Waals surface area contributed by atoms with Crippen molar-refractivity contribution in [3.8, 4) is 0 Å². The maximum atomic E-state index is 12.9. The van der Waals surface area contributed by atoms with Crippen LogP contribution < -0.4 is 10.6 Å². The van der Waals surface area contributed by atoms with E-state index in [2.05, 4.69) is 29.7 Å². The molecule has 4 nitrogen and oxygen atoms in total. The number of carbonyl (C=O) groups excluding carboxylic acids is 1. The first-order valence-electron chi connectivity index (χ1n) is 7.85. The number of rotatable bonds is 4. The maximum Gasteiger partial charge on any atom is 0.230 e. The minimum Gasteiger partial charge on any atom is -0.381 e. The van der Waals surface area contributed by atoms with Gasteiger partial charge in [0.05, 0.1) is 5.41 Å². The second kappa shape index (κ2) is 6.16. The molecule has 1 amide bonds. The number of nitrogens with one attached hydrogen (secondary N) is 2. The lowest BCUT2D eigenvalue weighted by molar-refractivity contribution is -0.130. The molecule has 4 heteroatoms.